The van der Waals surface area contributed by atoms with Gasteiger partial charge in [-0.05, 0) is 37.3 Å². The first-order chi connectivity index (χ1) is 8.05. The van der Waals surface area contributed by atoms with Gasteiger partial charge in [0.2, 0.25) is 0 Å². The van der Waals surface area contributed by atoms with Crippen LogP contribution in [0, 0.1) is 5.92 Å². The van der Waals surface area contributed by atoms with Crippen molar-refractivity contribution in [3.05, 3.63) is 23.9 Å². The molecule has 2 aliphatic rings. The van der Waals surface area contributed by atoms with Gasteiger partial charge >= 0.3 is 6.18 Å². The molecule has 0 aromatic carbocycles. The van der Waals surface area contributed by atoms with Crippen LogP contribution >= 0.6 is 0 Å². The highest BCUT2D eigenvalue weighted by atomic mass is 19.4. The minimum Gasteiger partial charge on any atom is -0.353 e. The fourth-order valence-electron chi connectivity index (χ4n) is 3.03. The van der Waals surface area contributed by atoms with Crippen LogP contribution in [-0.4, -0.2) is 17.6 Å². The Kier molecular flexibility index (Phi) is 2.31. The lowest BCUT2D eigenvalue weighted by atomic mass is 10.1. The molecular weight excluding hydrogens is 229 g/mol. The van der Waals surface area contributed by atoms with E-state index in [2.05, 4.69) is 4.98 Å². The van der Waals surface area contributed by atoms with Crippen molar-refractivity contribution in [2.75, 3.05) is 11.4 Å². The first kappa shape index (κ1) is 10.9. The molecule has 0 radical (unpaired) electrons. The fourth-order valence-corrected chi connectivity index (χ4v) is 3.03. The van der Waals surface area contributed by atoms with Gasteiger partial charge in [0.15, 0.2) is 0 Å². The highest BCUT2D eigenvalue weighted by molar-refractivity contribution is 5.51. The van der Waals surface area contributed by atoms with Gasteiger partial charge < -0.3 is 4.90 Å². The fraction of sp³-hybridized carbons (Fsp3) is 0.583. The van der Waals surface area contributed by atoms with E-state index < -0.39 is 11.7 Å². The molecule has 17 heavy (non-hydrogen) atoms. The zero-order valence-corrected chi connectivity index (χ0v) is 9.24. The Morgan fingerprint density at radius 1 is 1.29 bits per heavy atom. The molecule has 1 aliphatic heterocycles. The normalized spacial score (nSPS) is 27.8. The molecule has 2 bridgehead atoms. The maximum atomic E-state index is 12.9. The number of aromatic nitrogens is 1. The molecule has 92 valence electrons. The van der Waals surface area contributed by atoms with Crippen LogP contribution in [0.4, 0.5) is 19.0 Å². The van der Waals surface area contributed by atoms with Crippen LogP contribution in [0.3, 0.4) is 0 Å². The second-order valence-corrected chi connectivity index (χ2v) is 4.86. The Morgan fingerprint density at radius 2 is 2.12 bits per heavy atom. The molecule has 1 aliphatic carbocycles. The number of piperidine rings is 1. The van der Waals surface area contributed by atoms with Gasteiger partial charge in [0.1, 0.15) is 5.82 Å². The van der Waals surface area contributed by atoms with Crippen molar-refractivity contribution in [1.29, 1.82) is 0 Å². The zero-order valence-electron chi connectivity index (χ0n) is 9.24. The van der Waals surface area contributed by atoms with E-state index in [0.717, 1.165) is 31.9 Å². The van der Waals surface area contributed by atoms with Gasteiger partial charge in [-0.1, -0.05) is 0 Å². The molecule has 1 aromatic rings. The summed E-state index contributed by atoms with van der Waals surface area (Å²) in [5.74, 6) is 0.676. The van der Waals surface area contributed by atoms with E-state index in [9.17, 15) is 13.2 Å². The second kappa shape index (κ2) is 3.62. The largest absolute Gasteiger partial charge is 0.419 e. The molecule has 0 spiro atoms. The smallest absolute Gasteiger partial charge is 0.353 e. The molecule has 2 atom stereocenters. The minimum absolute atomic E-state index is 0.118. The van der Waals surface area contributed by atoms with Crippen LogP contribution in [0.5, 0.6) is 0 Å². The third kappa shape index (κ3) is 1.77. The number of halogens is 3. The Labute approximate surface area is 97.5 Å². The van der Waals surface area contributed by atoms with E-state index in [4.69, 9.17) is 0 Å². The van der Waals surface area contributed by atoms with Gasteiger partial charge in [-0.25, -0.2) is 4.98 Å². The van der Waals surface area contributed by atoms with Gasteiger partial charge in [-0.15, -0.1) is 0 Å². The number of pyridine rings is 1. The lowest BCUT2D eigenvalue weighted by molar-refractivity contribution is -0.137. The molecule has 3 rings (SSSR count). The van der Waals surface area contributed by atoms with Crippen LogP contribution in [0.15, 0.2) is 18.3 Å². The van der Waals surface area contributed by atoms with Gasteiger partial charge in [0.05, 0.1) is 5.56 Å². The molecule has 2 unspecified atom stereocenters. The standard InChI is InChI=1S/C12H13F3N2/c13-12(14,15)10-2-1-5-16-11(10)17-7-8-3-4-9(17)6-8/h1-2,5,8-9H,3-4,6-7H2. The summed E-state index contributed by atoms with van der Waals surface area (Å²) in [5.41, 5.74) is -0.604. The lowest BCUT2D eigenvalue weighted by Gasteiger charge is -2.30. The molecule has 1 saturated heterocycles. The van der Waals surface area contributed by atoms with Crippen molar-refractivity contribution in [1.82, 2.24) is 4.98 Å². The molecule has 2 heterocycles. The van der Waals surface area contributed by atoms with E-state index in [1.165, 1.54) is 12.3 Å². The van der Waals surface area contributed by atoms with E-state index in [0.29, 0.717) is 5.92 Å². The molecule has 1 aromatic heterocycles. The molecule has 2 nitrogen and oxygen atoms in total. The molecule has 5 heteroatoms. The highest BCUT2D eigenvalue weighted by Crippen LogP contribution is 2.43. The Balaban J connectivity index is 1.98. The molecular formula is C12H13F3N2. The molecule has 0 N–H and O–H groups in total. The summed E-state index contributed by atoms with van der Waals surface area (Å²) >= 11 is 0. The predicted octanol–water partition coefficient (Wildman–Crippen LogP) is 3.09. The van der Waals surface area contributed by atoms with E-state index in [1.54, 1.807) is 0 Å². The number of hydrogen-bond donors (Lipinski definition) is 0. The van der Waals surface area contributed by atoms with Crippen molar-refractivity contribution in [3.63, 3.8) is 0 Å². The van der Waals surface area contributed by atoms with Crippen molar-refractivity contribution in [2.24, 2.45) is 5.92 Å². The third-order valence-corrected chi connectivity index (χ3v) is 3.77. The quantitative estimate of drug-likeness (QED) is 0.752. The van der Waals surface area contributed by atoms with Crippen LogP contribution < -0.4 is 4.90 Å². The number of hydrogen-bond acceptors (Lipinski definition) is 2. The molecule has 2 fully saturated rings. The van der Waals surface area contributed by atoms with Gasteiger partial charge in [0, 0.05) is 18.8 Å². The van der Waals surface area contributed by atoms with Crippen LogP contribution in [-0.2, 0) is 6.18 Å². The van der Waals surface area contributed by atoms with Crippen LogP contribution in [0.1, 0.15) is 24.8 Å². The summed E-state index contributed by atoms with van der Waals surface area (Å²) < 4.78 is 38.6. The summed E-state index contributed by atoms with van der Waals surface area (Å²) in [7, 11) is 0. The predicted molar refractivity (Wildman–Crippen MR) is 57.7 cm³/mol. The highest BCUT2D eigenvalue weighted by Gasteiger charge is 2.42. The van der Waals surface area contributed by atoms with E-state index in [-0.39, 0.29) is 11.9 Å². The lowest BCUT2D eigenvalue weighted by Crippen LogP contribution is -2.34. The van der Waals surface area contributed by atoms with Gasteiger partial charge in [-0.3, -0.25) is 0 Å². The monoisotopic (exact) mass is 242 g/mol. The number of anilines is 1. The summed E-state index contributed by atoms with van der Waals surface area (Å²) in [6.45, 7) is 0.727. The SMILES string of the molecule is FC(F)(F)c1cccnc1N1CC2CCC1C2. The third-order valence-electron chi connectivity index (χ3n) is 3.77. The maximum absolute atomic E-state index is 12.9. The average molecular weight is 242 g/mol. The average Bonchev–Trinajstić information content (AvgIpc) is 2.89. The Hall–Kier alpha value is -1.26. The second-order valence-electron chi connectivity index (χ2n) is 4.86. The van der Waals surface area contributed by atoms with Crippen molar-refractivity contribution in [2.45, 2.75) is 31.5 Å². The minimum atomic E-state index is -4.31. The van der Waals surface area contributed by atoms with Crippen molar-refractivity contribution in [3.8, 4) is 0 Å². The molecule has 1 saturated carbocycles. The number of alkyl halides is 3. The number of nitrogens with zero attached hydrogens (tertiary/aromatic N) is 2. The Morgan fingerprint density at radius 3 is 2.71 bits per heavy atom. The maximum Gasteiger partial charge on any atom is 0.419 e. The van der Waals surface area contributed by atoms with Crippen LogP contribution in [0.25, 0.3) is 0 Å². The first-order valence-electron chi connectivity index (χ1n) is 5.84. The van der Waals surface area contributed by atoms with Gasteiger partial charge in [0.25, 0.3) is 0 Å². The first-order valence-corrected chi connectivity index (χ1v) is 5.84. The molecule has 0 amide bonds. The van der Waals surface area contributed by atoms with E-state index >= 15 is 0 Å². The van der Waals surface area contributed by atoms with Crippen molar-refractivity contribution >= 4 is 5.82 Å². The van der Waals surface area contributed by atoms with E-state index in [1.807, 2.05) is 4.90 Å². The number of fused-ring (bicyclic) bond motifs is 2. The van der Waals surface area contributed by atoms with Gasteiger partial charge in [-0.2, -0.15) is 13.2 Å². The summed E-state index contributed by atoms with van der Waals surface area (Å²) in [5, 5.41) is 0. The summed E-state index contributed by atoms with van der Waals surface area (Å²) in [6.07, 6.45) is 0.295. The summed E-state index contributed by atoms with van der Waals surface area (Å²) in [6, 6.07) is 2.73. The topological polar surface area (TPSA) is 16.1 Å². The number of rotatable bonds is 1. The summed E-state index contributed by atoms with van der Waals surface area (Å²) in [4.78, 5) is 5.80. The Bertz CT molecular complexity index is 430. The zero-order chi connectivity index (χ0) is 12.0. The van der Waals surface area contributed by atoms with Crippen molar-refractivity contribution < 1.29 is 13.2 Å². The van der Waals surface area contributed by atoms with Crippen LogP contribution in [0.2, 0.25) is 0 Å².